The van der Waals surface area contributed by atoms with Gasteiger partial charge in [-0.15, -0.1) is 0 Å². The molecule has 0 spiro atoms. The molecule has 4 heteroatoms. The SMILES string of the molecule is CPC(F)(F)C1=CC(C)=CC(O)C1. The van der Waals surface area contributed by atoms with E-state index in [9.17, 15) is 13.9 Å². The number of halogens is 2. The molecule has 0 aromatic carbocycles. The smallest absolute Gasteiger partial charge is 0.282 e. The Bertz CT molecular complexity index is 258. The first-order chi connectivity index (χ1) is 5.95. The standard InChI is InChI=1S/C9H13F2OP/c1-6-3-7(5-8(12)4-6)9(10,11)13-2/h3-4,8,12-13H,5H2,1-2H3. The molecular weight excluding hydrogens is 193 g/mol. The van der Waals surface area contributed by atoms with E-state index in [-0.39, 0.29) is 12.0 Å². The average Bonchev–Trinajstić information content (AvgIpc) is 2.02. The van der Waals surface area contributed by atoms with Crippen LogP contribution in [0.5, 0.6) is 0 Å². The van der Waals surface area contributed by atoms with Crippen molar-refractivity contribution in [3.8, 4) is 0 Å². The van der Waals surface area contributed by atoms with Crippen LogP contribution in [0.1, 0.15) is 13.3 Å². The van der Waals surface area contributed by atoms with Gasteiger partial charge in [-0.3, -0.25) is 0 Å². The van der Waals surface area contributed by atoms with Crippen LogP contribution in [0, 0.1) is 0 Å². The first-order valence-electron chi connectivity index (χ1n) is 4.10. The monoisotopic (exact) mass is 206 g/mol. The van der Waals surface area contributed by atoms with E-state index in [1.807, 2.05) is 0 Å². The Hall–Kier alpha value is -0.270. The average molecular weight is 206 g/mol. The summed E-state index contributed by atoms with van der Waals surface area (Å²) in [6, 6.07) is 0. The van der Waals surface area contributed by atoms with Crippen LogP contribution in [0.4, 0.5) is 8.78 Å². The van der Waals surface area contributed by atoms with Crippen LogP contribution in [-0.2, 0) is 0 Å². The number of aliphatic hydroxyl groups excluding tert-OH is 1. The number of allylic oxidation sites excluding steroid dienone is 2. The van der Waals surface area contributed by atoms with Gasteiger partial charge in [-0.05, 0) is 22.2 Å². The zero-order valence-electron chi connectivity index (χ0n) is 7.64. The van der Waals surface area contributed by atoms with Crippen LogP contribution in [0.15, 0.2) is 23.3 Å². The summed E-state index contributed by atoms with van der Waals surface area (Å²) in [6.45, 7) is 3.19. The fraction of sp³-hybridized carbons (Fsp3) is 0.556. The highest BCUT2D eigenvalue weighted by Gasteiger charge is 2.33. The van der Waals surface area contributed by atoms with Crippen LogP contribution in [-0.4, -0.2) is 23.5 Å². The van der Waals surface area contributed by atoms with Crippen molar-refractivity contribution in [3.05, 3.63) is 23.3 Å². The molecule has 74 valence electrons. The maximum atomic E-state index is 13.2. The Morgan fingerprint density at radius 2 is 2.23 bits per heavy atom. The lowest BCUT2D eigenvalue weighted by Crippen LogP contribution is -2.20. The topological polar surface area (TPSA) is 20.2 Å². The zero-order chi connectivity index (χ0) is 10.1. The third kappa shape index (κ3) is 2.58. The molecule has 0 saturated carbocycles. The lowest BCUT2D eigenvalue weighted by Gasteiger charge is -2.23. The van der Waals surface area contributed by atoms with E-state index >= 15 is 0 Å². The predicted molar refractivity (Wildman–Crippen MR) is 51.6 cm³/mol. The van der Waals surface area contributed by atoms with Crippen molar-refractivity contribution in [1.29, 1.82) is 0 Å². The van der Waals surface area contributed by atoms with E-state index in [1.165, 1.54) is 12.7 Å². The number of rotatable bonds is 2. The Balaban J connectivity index is 2.88. The van der Waals surface area contributed by atoms with E-state index in [0.717, 1.165) is 0 Å². The second-order valence-corrected chi connectivity index (χ2v) is 4.30. The van der Waals surface area contributed by atoms with Gasteiger partial charge in [0.1, 0.15) is 0 Å². The predicted octanol–water partition coefficient (Wildman–Crippen LogP) is 2.52. The maximum absolute atomic E-state index is 13.2. The molecule has 1 nitrogen and oxygen atoms in total. The molecule has 1 rings (SSSR count). The fourth-order valence-electron chi connectivity index (χ4n) is 1.35. The lowest BCUT2D eigenvalue weighted by atomic mass is 9.98. The summed E-state index contributed by atoms with van der Waals surface area (Å²) >= 11 is 0. The number of hydrogen-bond acceptors (Lipinski definition) is 1. The molecule has 2 atom stereocenters. The molecule has 0 aromatic heterocycles. The third-order valence-electron chi connectivity index (χ3n) is 2.00. The summed E-state index contributed by atoms with van der Waals surface area (Å²) in [5, 5.41) is 9.26. The van der Waals surface area contributed by atoms with Crippen LogP contribution < -0.4 is 0 Å². The highest BCUT2D eigenvalue weighted by Crippen LogP contribution is 2.42. The van der Waals surface area contributed by atoms with Gasteiger partial charge in [-0.2, -0.15) is 8.78 Å². The van der Waals surface area contributed by atoms with E-state index in [4.69, 9.17) is 0 Å². The van der Waals surface area contributed by atoms with Crippen molar-refractivity contribution < 1.29 is 13.9 Å². The summed E-state index contributed by atoms with van der Waals surface area (Å²) in [7, 11) is -0.445. The minimum Gasteiger partial charge on any atom is -0.389 e. The highest BCUT2D eigenvalue weighted by molar-refractivity contribution is 7.38. The van der Waals surface area contributed by atoms with Crippen LogP contribution >= 0.6 is 8.58 Å². The first-order valence-corrected chi connectivity index (χ1v) is 5.60. The number of alkyl halides is 2. The van der Waals surface area contributed by atoms with Crippen molar-refractivity contribution in [2.45, 2.75) is 25.1 Å². The molecule has 0 amide bonds. The molecule has 0 saturated heterocycles. The third-order valence-corrected chi connectivity index (χ3v) is 2.95. The minimum atomic E-state index is -2.74. The zero-order valence-corrected chi connectivity index (χ0v) is 8.64. The fourth-order valence-corrected chi connectivity index (χ4v) is 1.84. The Labute approximate surface area is 78.3 Å². The first kappa shape index (κ1) is 10.8. The Morgan fingerprint density at radius 3 is 2.69 bits per heavy atom. The van der Waals surface area contributed by atoms with E-state index < -0.39 is 20.3 Å². The van der Waals surface area contributed by atoms with Crippen molar-refractivity contribution in [1.82, 2.24) is 0 Å². The van der Waals surface area contributed by atoms with E-state index in [2.05, 4.69) is 0 Å². The van der Waals surface area contributed by atoms with E-state index in [0.29, 0.717) is 5.57 Å². The summed E-state index contributed by atoms with van der Waals surface area (Å²) in [5.74, 6) is 0. The maximum Gasteiger partial charge on any atom is 0.282 e. The number of aliphatic hydroxyl groups is 1. The number of hydrogen-bond donors (Lipinski definition) is 1. The molecule has 0 bridgehead atoms. The van der Waals surface area contributed by atoms with Gasteiger partial charge >= 0.3 is 0 Å². The van der Waals surface area contributed by atoms with Gasteiger partial charge in [0, 0.05) is 12.0 Å². The molecule has 0 aromatic rings. The molecule has 13 heavy (non-hydrogen) atoms. The normalized spacial score (nSPS) is 24.8. The van der Waals surface area contributed by atoms with Gasteiger partial charge in [0.15, 0.2) is 0 Å². The molecule has 2 unspecified atom stereocenters. The molecule has 1 aliphatic rings. The Morgan fingerprint density at radius 1 is 1.62 bits per heavy atom. The summed E-state index contributed by atoms with van der Waals surface area (Å²) in [6.07, 6.45) is 2.38. The van der Waals surface area contributed by atoms with Crippen molar-refractivity contribution in [2.75, 3.05) is 6.66 Å². The second-order valence-electron chi connectivity index (χ2n) is 3.18. The van der Waals surface area contributed by atoms with Crippen molar-refractivity contribution >= 4 is 8.58 Å². The molecule has 1 aliphatic carbocycles. The lowest BCUT2D eigenvalue weighted by molar-refractivity contribution is 0.124. The van der Waals surface area contributed by atoms with E-state index in [1.54, 1.807) is 13.0 Å². The Kier molecular flexibility index (Phi) is 3.20. The molecule has 0 aliphatic heterocycles. The quantitative estimate of drug-likeness (QED) is 0.688. The molecular formula is C9H13F2OP. The highest BCUT2D eigenvalue weighted by atomic mass is 31.1. The van der Waals surface area contributed by atoms with Gasteiger partial charge in [-0.1, -0.05) is 17.7 Å². The van der Waals surface area contributed by atoms with Gasteiger partial charge in [0.25, 0.3) is 5.66 Å². The van der Waals surface area contributed by atoms with Crippen molar-refractivity contribution in [3.63, 3.8) is 0 Å². The molecule has 0 fully saturated rings. The van der Waals surface area contributed by atoms with Gasteiger partial charge < -0.3 is 5.11 Å². The minimum absolute atomic E-state index is 0.0563. The van der Waals surface area contributed by atoms with Gasteiger partial charge in [-0.25, -0.2) is 0 Å². The summed E-state index contributed by atoms with van der Waals surface area (Å²) in [4.78, 5) is 0. The summed E-state index contributed by atoms with van der Waals surface area (Å²) in [5.41, 5.74) is -1.97. The largest absolute Gasteiger partial charge is 0.389 e. The summed E-state index contributed by atoms with van der Waals surface area (Å²) < 4.78 is 26.4. The van der Waals surface area contributed by atoms with Crippen LogP contribution in [0.2, 0.25) is 0 Å². The van der Waals surface area contributed by atoms with Crippen LogP contribution in [0.25, 0.3) is 0 Å². The molecule has 1 N–H and O–H groups in total. The molecule has 0 heterocycles. The molecule has 0 radical (unpaired) electrons. The second kappa shape index (κ2) is 3.85. The van der Waals surface area contributed by atoms with Gasteiger partial charge in [0.05, 0.1) is 6.10 Å². The van der Waals surface area contributed by atoms with Crippen LogP contribution in [0.3, 0.4) is 0 Å². The van der Waals surface area contributed by atoms with Crippen molar-refractivity contribution in [2.24, 2.45) is 0 Å². The van der Waals surface area contributed by atoms with Gasteiger partial charge in [0.2, 0.25) is 0 Å².